The molecule has 1 aliphatic heterocycles. The van der Waals surface area contributed by atoms with Gasteiger partial charge in [-0.15, -0.1) is 45.3 Å². The lowest BCUT2D eigenvalue weighted by Crippen LogP contribution is -1.97. The molecule has 346 valence electrons. The highest BCUT2D eigenvalue weighted by molar-refractivity contribution is 7.58. The maximum absolute atomic E-state index is 5.79. The quantitative estimate of drug-likeness (QED) is 0.115. The Labute approximate surface area is 443 Å². The average molecular weight is 1030 g/mol. The fraction of sp³-hybridized carbons (Fsp3) is 0. The fourth-order valence-electron chi connectivity index (χ4n) is 9.73. The lowest BCUT2D eigenvalue weighted by molar-refractivity contribution is 1.31. The maximum Gasteiger partial charge on any atom is 0.116 e. The van der Waals surface area contributed by atoms with E-state index in [2.05, 4.69) is 241 Å². The molecule has 12 aromatic rings. The summed E-state index contributed by atoms with van der Waals surface area (Å²) in [5.41, 5.74) is 18.3. The van der Waals surface area contributed by atoms with E-state index in [0.717, 1.165) is 119 Å². The molecule has 13 rings (SSSR count). The summed E-state index contributed by atoms with van der Waals surface area (Å²) in [6.45, 7) is 0. The normalized spacial score (nSPS) is 11.6. The molecular weight excluding hydrogens is 985 g/mol. The fourth-order valence-corrected chi connectivity index (χ4v) is 14.0. The Hall–Kier alpha value is -8.02. The van der Waals surface area contributed by atoms with E-state index >= 15 is 0 Å². The molecule has 0 saturated heterocycles. The zero-order valence-corrected chi connectivity index (χ0v) is 43.0. The molecule has 73 heavy (non-hydrogen) atoms. The third-order valence-electron chi connectivity index (χ3n) is 12.9. The van der Waals surface area contributed by atoms with Crippen LogP contribution in [0.4, 0.5) is 11.4 Å². The molecule has 0 fully saturated rings. The van der Waals surface area contributed by atoms with Gasteiger partial charge in [-0.2, -0.15) is 8.73 Å². The first kappa shape index (κ1) is 44.9. The largest absolute Gasteiger partial charge is 0.242 e. The first-order chi connectivity index (χ1) is 36.2. The molecular formula is C64H40N4S5. The van der Waals surface area contributed by atoms with Crippen LogP contribution in [0.5, 0.6) is 0 Å². The molecule has 0 atom stereocenters. The van der Waals surface area contributed by atoms with Crippen LogP contribution in [0.25, 0.3) is 75.3 Å². The Morgan fingerprint density at radius 3 is 0.904 bits per heavy atom. The van der Waals surface area contributed by atoms with Gasteiger partial charge in [0.25, 0.3) is 0 Å². The van der Waals surface area contributed by atoms with Crippen molar-refractivity contribution in [2.24, 2.45) is 8.73 Å². The summed E-state index contributed by atoms with van der Waals surface area (Å²) in [6.07, 6.45) is 0. The van der Waals surface area contributed by atoms with Crippen LogP contribution in [0.2, 0.25) is 0 Å². The molecule has 0 bridgehead atoms. The number of nitrogens with zero attached hydrogens (tertiary/aromatic N) is 4. The lowest BCUT2D eigenvalue weighted by Gasteiger charge is -2.17. The van der Waals surface area contributed by atoms with Crippen molar-refractivity contribution >= 4 is 101 Å². The van der Waals surface area contributed by atoms with E-state index < -0.39 is 0 Å². The Balaban J connectivity index is 1.08. The van der Waals surface area contributed by atoms with Crippen LogP contribution in [0.3, 0.4) is 0 Å². The minimum atomic E-state index is 0.798. The van der Waals surface area contributed by atoms with E-state index in [1.807, 2.05) is 0 Å². The number of aromatic nitrogens is 2. The number of hydrogen-bond donors (Lipinski definition) is 0. The minimum Gasteiger partial charge on any atom is -0.242 e. The third kappa shape index (κ3) is 8.51. The van der Waals surface area contributed by atoms with Gasteiger partial charge < -0.3 is 0 Å². The highest BCUT2D eigenvalue weighted by Crippen LogP contribution is 2.56. The standard InChI is InChI=1S/C64H40N4S5/c1-7-21-41(22-8-1)53(42-23-9-2-10-24-42)55(45-29-15-5-16-30-45)47-35-37-49(71-47)57-61-62(66-60(52-34-20-40-70-52)59(65-61)51-33-19-39-69-51)58(64-63(57)67-73-68-64)50-38-36-48(72-50)56(46-31-17-6-18-32-46)54(43-25-11-3-12-26-43)44-27-13-4-14-28-44/h1-40H. The Morgan fingerprint density at radius 1 is 0.288 bits per heavy atom. The molecule has 6 heterocycles. The summed E-state index contributed by atoms with van der Waals surface area (Å²) in [5.74, 6) is 0. The Kier molecular flexibility index (Phi) is 12.2. The van der Waals surface area contributed by atoms with Gasteiger partial charge in [0.05, 0.1) is 21.1 Å². The van der Waals surface area contributed by atoms with Gasteiger partial charge in [0, 0.05) is 41.8 Å². The number of hydrogen-bond acceptors (Lipinski definition) is 8. The zero-order chi connectivity index (χ0) is 48.5. The molecule has 0 N–H and O–H groups in total. The smallest absolute Gasteiger partial charge is 0.116 e. The molecule has 0 aliphatic carbocycles. The number of thiophene rings is 4. The summed E-state index contributed by atoms with van der Waals surface area (Å²) in [6, 6.07) is 82.0. The number of benzene rings is 7. The molecule has 7 aromatic carbocycles. The highest BCUT2D eigenvalue weighted by atomic mass is 32.1. The Morgan fingerprint density at radius 2 is 0.603 bits per heavy atom. The lowest BCUT2D eigenvalue weighted by atomic mass is 9.88. The molecule has 0 amide bonds. The summed E-state index contributed by atoms with van der Waals surface area (Å²) in [7, 11) is 0. The van der Waals surface area contributed by atoms with E-state index in [0.29, 0.717) is 0 Å². The van der Waals surface area contributed by atoms with Crippen LogP contribution in [-0.2, 0) is 11.4 Å². The van der Waals surface area contributed by atoms with E-state index in [9.17, 15) is 0 Å². The molecule has 0 saturated carbocycles. The van der Waals surface area contributed by atoms with Crippen molar-refractivity contribution in [2.75, 3.05) is 0 Å². The van der Waals surface area contributed by atoms with Crippen molar-refractivity contribution in [2.45, 2.75) is 0 Å². The SMILES string of the molecule is c1ccc(C(=C(c2ccccc2)c2ccc(-c3c4c(c(-c5ccc(C(=C(c6ccccc6)c6ccccc6)c6ccccc6)s5)c5nc(-c6cccs6)c(-c6cccs6)nc35)N=S=N4)s2)c2ccccc2)cc1. The zero-order valence-electron chi connectivity index (χ0n) is 38.9. The second-order valence-corrected chi connectivity index (χ2v) is 21.9. The van der Waals surface area contributed by atoms with Crippen LogP contribution in [0, 0.1) is 0 Å². The summed E-state index contributed by atoms with van der Waals surface area (Å²) < 4.78 is 10.4. The monoisotopic (exact) mass is 1020 g/mol. The van der Waals surface area contributed by atoms with Gasteiger partial charge in [-0.25, -0.2) is 9.97 Å². The predicted molar refractivity (Wildman–Crippen MR) is 313 cm³/mol. The van der Waals surface area contributed by atoms with Crippen LogP contribution in [0.15, 0.2) is 250 Å². The molecule has 0 spiro atoms. The number of rotatable bonds is 12. The second kappa shape index (κ2) is 19.9. The van der Waals surface area contributed by atoms with E-state index in [-0.39, 0.29) is 0 Å². The van der Waals surface area contributed by atoms with Crippen LogP contribution in [0.1, 0.15) is 43.1 Å². The highest BCUT2D eigenvalue weighted by Gasteiger charge is 2.31. The topological polar surface area (TPSA) is 50.5 Å². The first-order valence-corrected chi connectivity index (χ1v) is 28.0. The third-order valence-corrected chi connectivity index (χ3v) is 17.4. The van der Waals surface area contributed by atoms with Gasteiger partial charge in [0.2, 0.25) is 0 Å². The molecule has 1 aliphatic rings. The average Bonchev–Trinajstić information content (AvgIpc) is 4.34. The predicted octanol–water partition coefficient (Wildman–Crippen LogP) is 19.3. The van der Waals surface area contributed by atoms with E-state index in [1.165, 1.54) is 22.5 Å². The summed E-state index contributed by atoms with van der Waals surface area (Å²) in [5, 5.41) is 4.23. The van der Waals surface area contributed by atoms with Crippen LogP contribution in [-0.4, -0.2) is 9.97 Å². The van der Waals surface area contributed by atoms with Gasteiger partial charge in [0.1, 0.15) is 33.8 Å². The first-order valence-electron chi connectivity index (χ1n) is 23.8. The van der Waals surface area contributed by atoms with Gasteiger partial charge in [-0.05, 0) is 91.7 Å². The van der Waals surface area contributed by atoms with Crippen molar-refractivity contribution in [1.29, 1.82) is 0 Å². The van der Waals surface area contributed by atoms with Crippen molar-refractivity contribution < 1.29 is 0 Å². The van der Waals surface area contributed by atoms with Crippen molar-refractivity contribution in [1.82, 2.24) is 9.97 Å². The van der Waals surface area contributed by atoms with Crippen molar-refractivity contribution in [3.05, 3.63) is 284 Å². The van der Waals surface area contributed by atoms with Crippen molar-refractivity contribution in [3.63, 3.8) is 0 Å². The van der Waals surface area contributed by atoms with Gasteiger partial charge >= 0.3 is 0 Å². The van der Waals surface area contributed by atoms with Crippen molar-refractivity contribution in [3.8, 4) is 42.0 Å². The molecule has 0 radical (unpaired) electrons. The minimum absolute atomic E-state index is 0.798. The molecule has 9 heteroatoms. The van der Waals surface area contributed by atoms with Gasteiger partial charge in [-0.1, -0.05) is 194 Å². The molecule has 4 nitrogen and oxygen atoms in total. The van der Waals surface area contributed by atoms with E-state index in [1.54, 1.807) is 45.3 Å². The Bertz CT molecular complexity index is 3720. The summed E-state index contributed by atoms with van der Waals surface area (Å²) >= 11 is 8.13. The number of fused-ring (bicyclic) bond motifs is 2. The van der Waals surface area contributed by atoms with Gasteiger partial charge in [-0.3, -0.25) is 0 Å². The van der Waals surface area contributed by atoms with Crippen LogP contribution >= 0.6 is 45.3 Å². The van der Waals surface area contributed by atoms with Crippen LogP contribution < -0.4 is 0 Å². The second-order valence-electron chi connectivity index (χ2n) is 17.3. The maximum atomic E-state index is 5.79. The summed E-state index contributed by atoms with van der Waals surface area (Å²) in [4.78, 5) is 18.1. The van der Waals surface area contributed by atoms with E-state index in [4.69, 9.17) is 18.7 Å². The molecule has 0 unspecified atom stereocenters. The molecule has 5 aromatic heterocycles. The van der Waals surface area contributed by atoms with Gasteiger partial charge in [0.15, 0.2) is 0 Å².